The van der Waals surface area contributed by atoms with Gasteiger partial charge in [0.15, 0.2) is 9.84 Å². The molecule has 4 rings (SSSR count). The minimum Gasteiger partial charge on any atom is -0.394 e. The molecule has 0 aromatic heterocycles. The third-order valence-corrected chi connectivity index (χ3v) is 9.83. The van der Waals surface area contributed by atoms with Gasteiger partial charge in [-0.1, -0.05) is 31.2 Å². The smallest absolute Gasteiger partial charge is 0.394 e. The number of anilines is 1. The molecule has 45 heavy (non-hydrogen) atoms. The van der Waals surface area contributed by atoms with E-state index in [1.165, 1.54) is 43.3 Å². The lowest BCUT2D eigenvalue weighted by molar-refractivity contribution is -0.137. The van der Waals surface area contributed by atoms with Gasteiger partial charge in [-0.05, 0) is 78.9 Å². The van der Waals surface area contributed by atoms with E-state index in [2.05, 4.69) is 10.1 Å². The van der Waals surface area contributed by atoms with Crippen molar-refractivity contribution in [3.05, 3.63) is 95.1 Å². The number of hydrogen-bond donors (Lipinski definition) is 2. The molecule has 2 N–H and O–H groups in total. The number of amides is 1. The summed E-state index contributed by atoms with van der Waals surface area (Å²) in [7, 11) is -3.40. The lowest BCUT2D eigenvalue weighted by Gasteiger charge is -2.42. The monoisotopic (exact) mass is 654 g/mol. The van der Waals surface area contributed by atoms with Crippen LogP contribution in [-0.4, -0.2) is 57.6 Å². The number of nitrogens with zero attached hydrogens (tertiary/aromatic N) is 1. The Kier molecular flexibility index (Phi) is 11.2. The highest BCUT2D eigenvalue weighted by molar-refractivity contribution is 7.91. The fraction of sp³-hybridized carbons (Fsp3) is 0.406. The minimum absolute atomic E-state index is 0.0557. The van der Waals surface area contributed by atoms with Crippen LogP contribution in [0, 0.1) is 0 Å². The number of piperidine rings is 1. The fourth-order valence-corrected chi connectivity index (χ4v) is 6.39. The molecule has 1 unspecified atom stereocenters. The molecule has 1 amide bonds. The Bertz CT molecular complexity index is 1520. The first-order chi connectivity index (χ1) is 21.3. The van der Waals surface area contributed by atoms with E-state index in [0.29, 0.717) is 37.1 Å². The number of ether oxygens (including phenoxy) is 1. The van der Waals surface area contributed by atoms with E-state index in [9.17, 15) is 40.3 Å². The van der Waals surface area contributed by atoms with E-state index in [-0.39, 0.29) is 34.8 Å². The van der Waals surface area contributed by atoms with Crippen LogP contribution < -0.4 is 10.2 Å². The van der Waals surface area contributed by atoms with Crippen molar-refractivity contribution in [2.45, 2.75) is 61.9 Å². The molecule has 0 aliphatic carbocycles. The highest BCUT2D eigenvalue weighted by atomic mass is 32.2. The van der Waals surface area contributed by atoms with Gasteiger partial charge in [0.25, 0.3) is 5.91 Å². The Morgan fingerprint density at radius 2 is 1.64 bits per heavy atom. The number of rotatable bonds is 12. The van der Waals surface area contributed by atoms with Gasteiger partial charge in [0.1, 0.15) is 0 Å². The average Bonchev–Trinajstić information content (AvgIpc) is 3.03. The standard InChI is InChI=1S/C32H35F5N2O5S/c1-2-45(42,43)28-15-8-22(9-16-28)29(20-40)38-30(41)23-5-12-26(13-6-23)39-19-24(7-14-27(39)17-18-44-31(33)34)21-3-10-25(11-4-21)32(35,36)37/h3-6,8-13,15-16,24,27,29,31,40H,2,7,14,17-20H2,1H3,(H,38,41)/t24?,27-,29-/m0/s1. The first-order valence-electron chi connectivity index (χ1n) is 14.5. The number of carbonyl (C=O) groups excluding carboxylic acids is 1. The molecule has 3 aromatic carbocycles. The van der Waals surface area contributed by atoms with Crippen molar-refractivity contribution in [3.63, 3.8) is 0 Å². The molecular weight excluding hydrogens is 619 g/mol. The Balaban J connectivity index is 1.49. The molecule has 7 nitrogen and oxygen atoms in total. The summed E-state index contributed by atoms with van der Waals surface area (Å²) < 4.78 is 93.2. The molecule has 1 fully saturated rings. The van der Waals surface area contributed by atoms with Gasteiger partial charge in [0, 0.05) is 29.8 Å². The van der Waals surface area contributed by atoms with Gasteiger partial charge in [-0.15, -0.1) is 0 Å². The van der Waals surface area contributed by atoms with Crippen molar-refractivity contribution in [2.24, 2.45) is 0 Å². The van der Waals surface area contributed by atoms with Crippen LogP contribution in [0.5, 0.6) is 0 Å². The van der Waals surface area contributed by atoms with E-state index in [4.69, 9.17) is 0 Å². The van der Waals surface area contributed by atoms with Crippen LogP contribution >= 0.6 is 0 Å². The number of carbonyl (C=O) groups is 1. The molecule has 1 saturated heterocycles. The number of alkyl halides is 5. The molecule has 1 heterocycles. The number of nitrogens with one attached hydrogen (secondary N) is 1. The van der Waals surface area contributed by atoms with Crippen molar-refractivity contribution in [1.29, 1.82) is 0 Å². The minimum atomic E-state index is -4.44. The van der Waals surface area contributed by atoms with E-state index in [0.717, 1.165) is 17.7 Å². The van der Waals surface area contributed by atoms with Crippen LogP contribution in [0.4, 0.5) is 27.6 Å². The number of sulfone groups is 1. The van der Waals surface area contributed by atoms with Crippen molar-refractivity contribution in [3.8, 4) is 0 Å². The largest absolute Gasteiger partial charge is 0.416 e. The zero-order chi connectivity index (χ0) is 32.8. The highest BCUT2D eigenvalue weighted by Gasteiger charge is 2.32. The zero-order valence-electron chi connectivity index (χ0n) is 24.5. The number of aliphatic hydroxyl groups excluding tert-OH is 1. The summed E-state index contributed by atoms with van der Waals surface area (Å²) in [6.45, 7) is -1.53. The first-order valence-corrected chi connectivity index (χ1v) is 16.2. The maximum atomic E-state index is 13.1. The third-order valence-electron chi connectivity index (χ3n) is 8.08. The number of benzene rings is 3. The van der Waals surface area contributed by atoms with Crippen LogP contribution in [-0.2, 0) is 20.8 Å². The topological polar surface area (TPSA) is 95.9 Å². The van der Waals surface area contributed by atoms with E-state index < -0.39 is 46.7 Å². The first kappa shape index (κ1) is 34.3. The molecule has 3 atom stereocenters. The second kappa shape index (κ2) is 14.7. The second-order valence-electron chi connectivity index (χ2n) is 10.8. The highest BCUT2D eigenvalue weighted by Crippen LogP contribution is 2.36. The molecule has 1 aliphatic heterocycles. The lowest BCUT2D eigenvalue weighted by Crippen LogP contribution is -2.43. The van der Waals surface area contributed by atoms with E-state index >= 15 is 0 Å². The fourth-order valence-electron chi connectivity index (χ4n) is 5.51. The molecule has 0 saturated carbocycles. The Labute approximate surface area is 258 Å². The molecular formula is C32H35F5N2O5S. The number of halogens is 5. The van der Waals surface area contributed by atoms with Crippen LogP contribution in [0.2, 0.25) is 0 Å². The summed E-state index contributed by atoms with van der Waals surface area (Å²) >= 11 is 0. The summed E-state index contributed by atoms with van der Waals surface area (Å²) in [5.41, 5.74) is 1.52. The van der Waals surface area contributed by atoms with Gasteiger partial charge in [0.05, 0.1) is 35.5 Å². The molecule has 0 radical (unpaired) electrons. The Morgan fingerprint density at radius 1 is 1.00 bits per heavy atom. The van der Waals surface area contributed by atoms with Gasteiger partial charge < -0.3 is 20.1 Å². The van der Waals surface area contributed by atoms with E-state index in [1.807, 2.05) is 4.90 Å². The predicted molar refractivity (Wildman–Crippen MR) is 159 cm³/mol. The van der Waals surface area contributed by atoms with Crippen molar-refractivity contribution >= 4 is 21.4 Å². The SMILES string of the molecule is CCS(=O)(=O)c1ccc([C@H](CO)NC(=O)c2ccc(N3CC(c4ccc(C(F)(F)F)cc4)CC[C@H]3CCOC(F)F)cc2)cc1. The third kappa shape index (κ3) is 8.80. The lowest BCUT2D eigenvalue weighted by atomic mass is 9.85. The summed E-state index contributed by atoms with van der Waals surface area (Å²) in [6.07, 6.45) is -2.89. The molecule has 13 heteroatoms. The van der Waals surface area contributed by atoms with Crippen LogP contribution in [0.3, 0.4) is 0 Å². The number of hydrogen-bond acceptors (Lipinski definition) is 6. The summed E-state index contributed by atoms with van der Waals surface area (Å²) in [5.74, 6) is -0.638. The van der Waals surface area contributed by atoms with Gasteiger partial charge in [-0.25, -0.2) is 8.42 Å². The second-order valence-corrected chi connectivity index (χ2v) is 13.1. The molecule has 244 valence electrons. The number of aliphatic hydroxyl groups is 1. The summed E-state index contributed by atoms with van der Waals surface area (Å²) in [5, 5.41) is 12.7. The predicted octanol–water partition coefficient (Wildman–Crippen LogP) is 6.34. The van der Waals surface area contributed by atoms with Crippen LogP contribution in [0.1, 0.15) is 65.2 Å². The van der Waals surface area contributed by atoms with Gasteiger partial charge in [0.2, 0.25) is 0 Å². The van der Waals surface area contributed by atoms with Gasteiger partial charge in [-0.3, -0.25) is 4.79 Å². The summed E-state index contributed by atoms with van der Waals surface area (Å²) in [6, 6.07) is 16.6. The maximum absolute atomic E-state index is 13.1. The Hall–Kier alpha value is -3.55. The quantitative estimate of drug-likeness (QED) is 0.221. The molecule has 0 bridgehead atoms. The molecule has 3 aromatic rings. The van der Waals surface area contributed by atoms with Crippen LogP contribution in [0.25, 0.3) is 0 Å². The van der Waals surface area contributed by atoms with Gasteiger partial charge >= 0.3 is 12.8 Å². The molecule has 0 spiro atoms. The Morgan fingerprint density at radius 3 is 2.20 bits per heavy atom. The van der Waals surface area contributed by atoms with Crippen LogP contribution in [0.15, 0.2) is 77.7 Å². The maximum Gasteiger partial charge on any atom is 0.416 e. The molecule has 1 aliphatic rings. The zero-order valence-corrected chi connectivity index (χ0v) is 25.3. The van der Waals surface area contributed by atoms with Crippen molar-refractivity contribution < 1.29 is 45.0 Å². The average molecular weight is 655 g/mol. The van der Waals surface area contributed by atoms with Crippen molar-refractivity contribution in [2.75, 3.05) is 30.4 Å². The van der Waals surface area contributed by atoms with Gasteiger partial charge in [-0.2, -0.15) is 22.0 Å². The van der Waals surface area contributed by atoms with E-state index in [1.54, 1.807) is 24.3 Å². The van der Waals surface area contributed by atoms with Crippen molar-refractivity contribution in [1.82, 2.24) is 5.32 Å². The normalized spacial score (nSPS) is 18.2. The summed E-state index contributed by atoms with van der Waals surface area (Å²) in [4.78, 5) is 15.2.